The van der Waals surface area contributed by atoms with Crippen LogP contribution in [-0.4, -0.2) is 13.1 Å². The number of esters is 1. The van der Waals surface area contributed by atoms with Crippen molar-refractivity contribution in [1.29, 1.82) is 0 Å². The molecule has 0 radical (unpaired) electrons. The predicted octanol–water partition coefficient (Wildman–Crippen LogP) is 2.59. The van der Waals surface area contributed by atoms with E-state index >= 15 is 0 Å². The molecule has 1 aromatic carbocycles. The molecule has 0 spiro atoms. The highest BCUT2D eigenvalue weighted by Gasteiger charge is 2.38. The Morgan fingerprint density at radius 3 is 2.75 bits per heavy atom. The van der Waals surface area contributed by atoms with E-state index in [1.807, 2.05) is 6.07 Å². The van der Waals surface area contributed by atoms with E-state index in [9.17, 15) is 4.79 Å². The standard InChI is InChI=1S/C12H14ClNO2/c1-16-12(15)11(7-2-3-7)8-4-5-10(14)9(13)6-8/h4-7,11H,2-3,14H2,1H3. The topological polar surface area (TPSA) is 52.3 Å². The maximum absolute atomic E-state index is 11.7. The van der Waals surface area contributed by atoms with Gasteiger partial charge in [0.1, 0.15) is 0 Å². The number of nitrogen functional groups attached to an aromatic ring is 1. The smallest absolute Gasteiger partial charge is 0.313 e. The molecule has 1 saturated carbocycles. The summed E-state index contributed by atoms with van der Waals surface area (Å²) in [7, 11) is 1.41. The average Bonchev–Trinajstić information content (AvgIpc) is 3.07. The van der Waals surface area contributed by atoms with Gasteiger partial charge in [0.05, 0.1) is 23.7 Å². The van der Waals surface area contributed by atoms with Crippen LogP contribution in [0.1, 0.15) is 24.3 Å². The van der Waals surface area contributed by atoms with Crippen LogP contribution in [0.15, 0.2) is 18.2 Å². The van der Waals surface area contributed by atoms with E-state index in [1.54, 1.807) is 12.1 Å². The van der Waals surface area contributed by atoms with Gasteiger partial charge >= 0.3 is 5.97 Å². The maximum Gasteiger partial charge on any atom is 0.313 e. The highest BCUT2D eigenvalue weighted by atomic mass is 35.5. The average molecular weight is 240 g/mol. The summed E-state index contributed by atoms with van der Waals surface area (Å²) in [5.41, 5.74) is 7.07. The van der Waals surface area contributed by atoms with Crippen LogP contribution in [-0.2, 0) is 9.53 Å². The molecule has 1 fully saturated rings. The Bertz CT molecular complexity index is 415. The Morgan fingerprint density at radius 1 is 1.56 bits per heavy atom. The summed E-state index contributed by atoms with van der Waals surface area (Å²) in [5.74, 6) is 0.0126. The Hall–Kier alpha value is -1.22. The van der Waals surface area contributed by atoms with E-state index < -0.39 is 0 Å². The van der Waals surface area contributed by atoms with Gasteiger partial charge in [-0.1, -0.05) is 17.7 Å². The number of halogens is 1. The van der Waals surface area contributed by atoms with Crippen molar-refractivity contribution in [2.75, 3.05) is 12.8 Å². The molecule has 3 nitrogen and oxygen atoms in total. The lowest BCUT2D eigenvalue weighted by molar-refractivity contribution is -0.143. The van der Waals surface area contributed by atoms with Gasteiger partial charge in [0, 0.05) is 0 Å². The molecule has 0 saturated heterocycles. The van der Waals surface area contributed by atoms with Gasteiger partial charge in [-0.15, -0.1) is 0 Å². The molecule has 2 N–H and O–H groups in total. The summed E-state index contributed by atoms with van der Waals surface area (Å²) in [5, 5.41) is 0.493. The lowest BCUT2D eigenvalue weighted by Gasteiger charge is -2.14. The van der Waals surface area contributed by atoms with Crippen molar-refractivity contribution in [3.8, 4) is 0 Å². The van der Waals surface area contributed by atoms with Crippen LogP contribution in [0.2, 0.25) is 5.02 Å². The van der Waals surface area contributed by atoms with E-state index in [0.717, 1.165) is 18.4 Å². The quantitative estimate of drug-likeness (QED) is 0.652. The number of nitrogens with two attached hydrogens (primary N) is 1. The van der Waals surface area contributed by atoms with Gasteiger partial charge < -0.3 is 10.5 Å². The first-order valence-corrected chi connectivity index (χ1v) is 5.64. The number of carbonyl (C=O) groups is 1. The first-order valence-electron chi connectivity index (χ1n) is 5.26. The normalized spacial score (nSPS) is 16.9. The molecule has 0 aromatic heterocycles. The third kappa shape index (κ3) is 2.14. The van der Waals surface area contributed by atoms with Gasteiger partial charge in [0.15, 0.2) is 0 Å². The molecule has 16 heavy (non-hydrogen) atoms. The maximum atomic E-state index is 11.7. The molecule has 4 heteroatoms. The zero-order chi connectivity index (χ0) is 11.7. The van der Waals surface area contributed by atoms with Gasteiger partial charge in [0.25, 0.3) is 0 Å². The fourth-order valence-corrected chi connectivity index (χ4v) is 2.08. The molecule has 86 valence electrons. The second kappa shape index (κ2) is 4.34. The summed E-state index contributed by atoms with van der Waals surface area (Å²) in [6, 6.07) is 5.34. The monoisotopic (exact) mass is 239 g/mol. The van der Waals surface area contributed by atoms with E-state index in [1.165, 1.54) is 7.11 Å². The molecule has 0 bridgehead atoms. The summed E-state index contributed by atoms with van der Waals surface area (Å²) in [6.07, 6.45) is 2.14. The van der Waals surface area contributed by atoms with Crippen LogP contribution in [0.4, 0.5) is 5.69 Å². The van der Waals surface area contributed by atoms with Crippen LogP contribution in [0, 0.1) is 5.92 Å². The minimum Gasteiger partial charge on any atom is -0.469 e. The number of carbonyl (C=O) groups excluding carboxylic acids is 1. The van der Waals surface area contributed by atoms with Gasteiger partial charge in [-0.2, -0.15) is 0 Å². The predicted molar refractivity (Wildman–Crippen MR) is 63.3 cm³/mol. The Kier molecular flexibility index (Phi) is 3.06. The van der Waals surface area contributed by atoms with Crippen LogP contribution in [0.5, 0.6) is 0 Å². The first kappa shape index (κ1) is 11.3. The second-order valence-corrected chi connectivity index (χ2v) is 4.53. The summed E-state index contributed by atoms with van der Waals surface area (Å²) in [4.78, 5) is 11.7. The number of benzene rings is 1. The fraction of sp³-hybridized carbons (Fsp3) is 0.417. The number of hydrogen-bond acceptors (Lipinski definition) is 3. The molecule has 1 aromatic rings. The van der Waals surface area contributed by atoms with Crippen molar-refractivity contribution in [2.24, 2.45) is 5.92 Å². The molecule has 1 aliphatic rings. The highest BCUT2D eigenvalue weighted by molar-refractivity contribution is 6.33. The van der Waals surface area contributed by atoms with Gasteiger partial charge in [-0.05, 0) is 36.5 Å². The minimum atomic E-state index is -0.192. The molecule has 0 aliphatic heterocycles. The Balaban J connectivity index is 2.31. The van der Waals surface area contributed by atoms with Crippen molar-refractivity contribution in [3.63, 3.8) is 0 Å². The van der Waals surface area contributed by atoms with E-state index in [0.29, 0.717) is 16.6 Å². The zero-order valence-corrected chi connectivity index (χ0v) is 9.83. The molecule has 0 heterocycles. The van der Waals surface area contributed by atoms with Crippen molar-refractivity contribution in [2.45, 2.75) is 18.8 Å². The number of methoxy groups -OCH3 is 1. The summed E-state index contributed by atoms with van der Waals surface area (Å²) >= 11 is 5.95. The van der Waals surface area contributed by atoms with Crippen LogP contribution < -0.4 is 5.73 Å². The van der Waals surface area contributed by atoms with Crippen molar-refractivity contribution >= 4 is 23.3 Å². The molecular weight excluding hydrogens is 226 g/mol. The van der Waals surface area contributed by atoms with Gasteiger partial charge in [0.2, 0.25) is 0 Å². The highest BCUT2D eigenvalue weighted by Crippen LogP contribution is 2.44. The van der Waals surface area contributed by atoms with Crippen molar-refractivity contribution in [3.05, 3.63) is 28.8 Å². The first-order chi connectivity index (χ1) is 7.63. The van der Waals surface area contributed by atoms with Crippen LogP contribution in [0.3, 0.4) is 0 Å². The van der Waals surface area contributed by atoms with Crippen molar-refractivity contribution < 1.29 is 9.53 Å². The van der Waals surface area contributed by atoms with Crippen molar-refractivity contribution in [1.82, 2.24) is 0 Å². The number of ether oxygens (including phenoxy) is 1. The minimum absolute atomic E-state index is 0.191. The Labute approximate surface area is 99.5 Å². The number of hydrogen-bond donors (Lipinski definition) is 1. The third-order valence-electron chi connectivity index (χ3n) is 2.93. The molecule has 1 aliphatic carbocycles. The lowest BCUT2D eigenvalue weighted by atomic mass is 9.94. The molecule has 1 atom stereocenters. The van der Waals surface area contributed by atoms with Gasteiger partial charge in [-0.3, -0.25) is 4.79 Å². The van der Waals surface area contributed by atoms with E-state index in [2.05, 4.69) is 0 Å². The van der Waals surface area contributed by atoms with E-state index in [-0.39, 0.29) is 11.9 Å². The number of rotatable bonds is 3. The summed E-state index contributed by atoms with van der Waals surface area (Å²) < 4.78 is 4.82. The Morgan fingerprint density at radius 2 is 2.25 bits per heavy atom. The largest absolute Gasteiger partial charge is 0.469 e. The van der Waals surface area contributed by atoms with Crippen LogP contribution >= 0.6 is 11.6 Å². The second-order valence-electron chi connectivity index (χ2n) is 4.12. The fourth-order valence-electron chi connectivity index (χ4n) is 1.89. The molecule has 1 unspecified atom stereocenters. The van der Waals surface area contributed by atoms with E-state index in [4.69, 9.17) is 22.1 Å². The van der Waals surface area contributed by atoms with Gasteiger partial charge in [-0.25, -0.2) is 0 Å². The lowest BCUT2D eigenvalue weighted by Crippen LogP contribution is -2.16. The zero-order valence-electron chi connectivity index (χ0n) is 9.07. The molecule has 0 amide bonds. The van der Waals surface area contributed by atoms with Crippen LogP contribution in [0.25, 0.3) is 0 Å². The third-order valence-corrected chi connectivity index (χ3v) is 3.26. The molecular formula is C12H14ClNO2. The molecule has 2 rings (SSSR count). The number of anilines is 1. The SMILES string of the molecule is COC(=O)C(c1ccc(N)c(Cl)c1)C1CC1. The summed E-state index contributed by atoms with van der Waals surface area (Å²) in [6.45, 7) is 0.